The summed E-state index contributed by atoms with van der Waals surface area (Å²) in [6.07, 6.45) is -1.14. The number of nitro benzene ring substituents is 1. The monoisotopic (exact) mass is 322 g/mol. The van der Waals surface area contributed by atoms with Crippen molar-refractivity contribution >= 4 is 22.1 Å². The molecule has 10 nitrogen and oxygen atoms in total. The van der Waals surface area contributed by atoms with Gasteiger partial charge in [-0.25, -0.2) is 9.93 Å². The fourth-order valence-corrected chi connectivity index (χ4v) is 1.69. The number of carboxylic acid groups (broad SMARTS) is 2. The van der Waals surface area contributed by atoms with E-state index in [0.29, 0.717) is 18.4 Å². The molecule has 1 aromatic carbocycles. The summed E-state index contributed by atoms with van der Waals surface area (Å²) in [7, 11) is -3.94. The second-order valence-electron chi connectivity index (χ2n) is 3.59. The van der Waals surface area contributed by atoms with Crippen molar-refractivity contribution in [1.29, 1.82) is 0 Å². The van der Waals surface area contributed by atoms with E-state index in [1.54, 1.807) is 18.2 Å². The minimum Gasteiger partial charge on any atom is -0.450 e. The van der Waals surface area contributed by atoms with Crippen LogP contribution in [0.25, 0.3) is 0 Å². The average Bonchev–Trinajstić information content (AvgIpc) is 2.33. The largest absolute Gasteiger partial charge is 0.503 e. The van der Waals surface area contributed by atoms with Gasteiger partial charge >= 0.3 is 16.5 Å². The third kappa shape index (κ3) is 10.2. The number of nitrogens with two attached hydrogens (primary N) is 1. The Balaban J connectivity index is 0.000000885. The Hall–Kier alpha value is -2.24. The van der Waals surface area contributed by atoms with E-state index >= 15 is 0 Å². The minimum atomic E-state index is -3.94. The normalized spacial score (nSPS) is 10.3. The van der Waals surface area contributed by atoms with Crippen LogP contribution in [0.3, 0.4) is 0 Å². The van der Waals surface area contributed by atoms with E-state index in [2.05, 4.69) is 9.32 Å². The number of nitro groups is 1. The highest BCUT2D eigenvalue weighted by molar-refractivity contribution is 7.84. The van der Waals surface area contributed by atoms with E-state index in [1.807, 2.05) is 0 Å². The van der Waals surface area contributed by atoms with E-state index in [1.165, 1.54) is 6.07 Å². The van der Waals surface area contributed by atoms with Crippen molar-refractivity contribution in [3.63, 3.8) is 0 Å². The molecule has 0 fully saturated rings. The van der Waals surface area contributed by atoms with Crippen LogP contribution >= 0.6 is 0 Å². The molecule has 0 aliphatic carbocycles. The molecular formula is C10H14N2O8S. The van der Waals surface area contributed by atoms with Gasteiger partial charge in [-0.15, -0.1) is 0 Å². The van der Waals surface area contributed by atoms with Crippen LogP contribution in [0.15, 0.2) is 24.3 Å². The lowest BCUT2D eigenvalue weighted by molar-refractivity contribution is -0.385. The number of nitrogens with zero attached hydrogens (tertiary/aromatic N) is 1. The molecule has 4 N–H and O–H groups in total. The van der Waals surface area contributed by atoms with Crippen molar-refractivity contribution in [2.24, 2.45) is 5.14 Å². The Labute approximate surface area is 120 Å². The Bertz CT molecular complexity index is 582. The molecule has 0 saturated heterocycles. The van der Waals surface area contributed by atoms with Gasteiger partial charge in [0.25, 0.3) is 5.69 Å². The topological polar surface area (TPSA) is 170 Å². The summed E-state index contributed by atoms with van der Waals surface area (Å²) in [5, 5.41) is 29.3. The van der Waals surface area contributed by atoms with Gasteiger partial charge in [-0.1, -0.05) is 18.2 Å². The third-order valence-electron chi connectivity index (χ3n) is 2.03. The molecule has 1 aromatic rings. The molecule has 0 bridgehead atoms. The third-order valence-corrected chi connectivity index (χ3v) is 2.52. The van der Waals surface area contributed by atoms with Crippen LogP contribution in [0.2, 0.25) is 0 Å². The first-order valence-electron chi connectivity index (χ1n) is 5.45. The summed E-state index contributed by atoms with van der Waals surface area (Å²) in [6, 6.07) is 6.27. The summed E-state index contributed by atoms with van der Waals surface area (Å²) < 4.78 is 25.3. The Morgan fingerprint density at radius 2 is 1.86 bits per heavy atom. The molecule has 118 valence electrons. The molecule has 0 heterocycles. The Morgan fingerprint density at radius 3 is 2.33 bits per heavy atom. The summed E-state index contributed by atoms with van der Waals surface area (Å²) in [4.78, 5) is 18.8. The molecule has 0 atom stereocenters. The molecule has 0 amide bonds. The van der Waals surface area contributed by atoms with E-state index in [-0.39, 0.29) is 12.3 Å². The Kier molecular flexibility index (Phi) is 7.89. The smallest absolute Gasteiger partial charge is 0.450 e. The van der Waals surface area contributed by atoms with E-state index in [9.17, 15) is 18.5 Å². The molecule has 0 unspecified atom stereocenters. The molecule has 0 aliphatic rings. The summed E-state index contributed by atoms with van der Waals surface area (Å²) in [5.74, 6) is 0. The maximum absolute atomic E-state index is 10.7. The van der Waals surface area contributed by atoms with Gasteiger partial charge in [0.2, 0.25) is 0 Å². The van der Waals surface area contributed by atoms with Gasteiger partial charge in [0.05, 0.1) is 11.5 Å². The van der Waals surface area contributed by atoms with Gasteiger partial charge in [-0.3, -0.25) is 14.3 Å². The van der Waals surface area contributed by atoms with Gasteiger partial charge in [0, 0.05) is 11.6 Å². The molecule has 0 spiro atoms. The maximum Gasteiger partial charge on any atom is 0.503 e. The zero-order valence-electron chi connectivity index (χ0n) is 10.7. The summed E-state index contributed by atoms with van der Waals surface area (Å²) in [5.41, 5.74) is 0.554. The average molecular weight is 322 g/mol. The first kappa shape index (κ1) is 18.8. The number of rotatable bonds is 6. The molecule has 11 heteroatoms. The van der Waals surface area contributed by atoms with Crippen LogP contribution in [0.4, 0.5) is 10.5 Å². The predicted molar refractivity (Wildman–Crippen MR) is 71.1 cm³/mol. The quantitative estimate of drug-likeness (QED) is 0.395. The van der Waals surface area contributed by atoms with Gasteiger partial charge in [-0.2, -0.15) is 8.42 Å². The standard InChI is InChI=1S/C9H12N2O5S.CH2O3/c10-17(14,15)16-7-3-5-8-4-1-2-6-9(8)11(12)13;2-1(3)4/h1-2,4,6H,3,5,7H2,(H2,10,14,15);(H2,2,3,4). The zero-order valence-corrected chi connectivity index (χ0v) is 11.5. The molecule has 0 aliphatic heterocycles. The zero-order chi connectivity index (χ0) is 16.5. The van der Waals surface area contributed by atoms with Crippen molar-refractivity contribution in [3.8, 4) is 0 Å². The fourth-order valence-electron chi connectivity index (χ4n) is 1.34. The van der Waals surface area contributed by atoms with E-state index < -0.39 is 21.4 Å². The van der Waals surface area contributed by atoms with Gasteiger partial charge in [0.15, 0.2) is 0 Å². The number of para-hydroxylation sites is 1. The van der Waals surface area contributed by atoms with Crippen LogP contribution in [-0.4, -0.2) is 36.3 Å². The highest BCUT2D eigenvalue weighted by atomic mass is 32.2. The predicted octanol–water partition coefficient (Wildman–Crippen LogP) is 0.970. The van der Waals surface area contributed by atoms with Gasteiger partial charge in [0.1, 0.15) is 0 Å². The lowest BCUT2D eigenvalue weighted by atomic mass is 10.1. The minimum absolute atomic E-state index is 0.0168. The van der Waals surface area contributed by atoms with Crippen molar-refractivity contribution in [2.75, 3.05) is 6.61 Å². The second kappa shape index (κ2) is 8.84. The van der Waals surface area contributed by atoms with Crippen LogP contribution in [0.1, 0.15) is 12.0 Å². The number of aryl methyl sites for hydroxylation is 1. The maximum atomic E-state index is 10.7. The lowest BCUT2D eigenvalue weighted by Gasteiger charge is -2.02. The van der Waals surface area contributed by atoms with Crippen LogP contribution in [-0.2, 0) is 20.9 Å². The van der Waals surface area contributed by atoms with Crippen molar-refractivity contribution in [2.45, 2.75) is 12.8 Å². The van der Waals surface area contributed by atoms with Gasteiger partial charge in [-0.05, 0) is 12.8 Å². The molecular weight excluding hydrogens is 308 g/mol. The molecule has 1 rings (SSSR count). The highest BCUT2D eigenvalue weighted by Gasteiger charge is 2.11. The van der Waals surface area contributed by atoms with Crippen molar-refractivity contribution in [1.82, 2.24) is 0 Å². The van der Waals surface area contributed by atoms with Gasteiger partial charge < -0.3 is 10.2 Å². The van der Waals surface area contributed by atoms with E-state index in [4.69, 9.17) is 15.0 Å². The number of benzene rings is 1. The van der Waals surface area contributed by atoms with Crippen LogP contribution < -0.4 is 5.14 Å². The molecule has 21 heavy (non-hydrogen) atoms. The van der Waals surface area contributed by atoms with Crippen molar-refractivity contribution < 1.29 is 32.5 Å². The first-order chi connectivity index (χ1) is 9.63. The molecule has 0 radical (unpaired) electrons. The van der Waals surface area contributed by atoms with E-state index in [0.717, 1.165) is 0 Å². The number of hydrogen-bond donors (Lipinski definition) is 3. The number of hydrogen-bond acceptors (Lipinski definition) is 6. The van der Waals surface area contributed by atoms with Crippen molar-refractivity contribution in [3.05, 3.63) is 39.9 Å². The fraction of sp³-hybridized carbons (Fsp3) is 0.300. The molecule has 0 aromatic heterocycles. The highest BCUT2D eigenvalue weighted by Crippen LogP contribution is 2.18. The molecule has 0 saturated carbocycles. The first-order valence-corrected chi connectivity index (χ1v) is 6.92. The Morgan fingerprint density at radius 1 is 1.33 bits per heavy atom. The van der Waals surface area contributed by atoms with Crippen LogP contribution in [0, 0.1) is 10.1 Å². The SMILES string of the molecule is NS(=O)(=O)OCCCc1ccccc1[N+](=O)[O-].O=C(O)O. The van der Waals surface area contributed by atoms with Crippen LogP contribution in [0.5, 0.6) is 0 Å². The second-order valence-corrected chi connectivity index (χ2v) is 4.81. The number of carbonyl (C=O) groups is 1. The lowest BCUT2D eigenvalue weighted by Crippen LogP contribution is -2.16. The summed E-state index contributed by atoms with van der Waals surface area (Å²) in [6.45, 7) is -0.0924. The summed E-state index contributed by atoms with van der Waals surface area (Å²) >= 11 is 0.